The van der Waals surface area contributed by atoms with Gasteiger partial charge in [0.05, 0.1) is 19.2 Å². The van der Waals surface area contributed by atoms with Crippen molar-refractivity contribution in [2.75, 3.05) is 0 Å². The van der Waals surface area contributed by atoms with Gasteiger partial charge in [-0.2, -0.15) is 5.10 Å². The van der Waals surface area contributed by atoms with Gasteiger partial charge in [0.25, 0.3) is 0 Å². The Kier molecular flexibility index (Phi) is 5.65. The highest BCUT2D eigenvalue weighted by Crippen LogP contribution is 2.29. The van der Waals surface area contributed by atoms with Crippen LogP contribution in [0.3, 0.4) is 0 Å². The van der Waals surface area contributed by atoms with Crippen LogP contribution in [-0.4, -0.2) is 20.7 Å². The van der Waals surface area contributed by atoms with Crippen LogP contribution in [0.15, 0.2) is 59.7 Å². The number of nitrogens with zero attached hydrogens (tertiary/aromatic N) is 3. The molecule has 2 aromatic heterocycles. The molecule has 0 aliphatic carbocycles. The largest absolute Gasteiger partial charge is 0.464 e. The number of fused-ring (bicyclic) bond motifs is 1. The molecule has 0 radical (unpaired) electrons. The predicted octanol–water partition coefficient (Wildman–Crippen LogP) is 4.36. The van der Waals surface area contributed by atoms with Gasteiger partial charge < -0.3 is 9.73 Å². The molecular weight excluding hydrogens is 376 g/mol. The lowest BCUT2D eigenvalue weighted by atomic mass is 9.95. The summed E-state index contributed by atoms with van der Waals surface area (Å²) in [6, 6.07) is 12.4. The molecule has 0 saturated heterocycles. The van der Waals surface area contributed by atoms with Gasteiger partial charge in [0.1, 0.15) is 18.2 Å². The normalized spacial score (nSPS) is 11.3. The van der Waals surface area contributed by atoms with E-state index in [1.54, 1.807) is 17.3 Å². The molecule has 4 aromatic rings. The average molecular weight is 402 g/mol. The van der Waals surface area contributed by atoms with E-state index in [-0.39, 0.29) is 5.91 Å². The summed E-state index contributed by atoms with van der Waals surface area (Å²) in [4.78, 5) is 16.5. The van der Waals surface area contributed by atoms with Gasteiger partial charge >= 0.3 is 0 Å². The van der Waals surface area contributed by atoms with E-state index >= 15 is 0 Å². The van der Waals surface area contributed by atoms with Gasteiger partial charge in [-0.3, -0.25) is 4.79 Å². The third-order valence-electron chi connectivity index (χ3n) is 5.34. The van der Waals surface area contributed by atoms with E-state index in [4.69, 9.17) is 4.42 Å². The Bertz CT molecular complexity index is 1140. The first-order valence-electron chi connectivity index (χ1n) is 10.2. The molecule has 4 rings (SSSR count). The molecule has 2 heterocycles. The zero-order valence-corrected chi connectivity index (χ0v) is 17.6. The predicted molar refractivity (Wildman–Crippen MR) is 116 cm³/mol. The SMILES string of the molecule is Cc1cc2occ(CC(=O)NCc3ccc(Cn4cncn4)cc3)c2cc1C(C)C. The van der Waals surface area contributed by atoms with Gasteiger partial charge in [-0.15, -0.1) is 0 Å². The summed E-state index contributed by atoms with van der Waals surface area (Å²) in [6.07, 6.45) is 5.22. The lowest BCUT2D eigenvalue weighted by Gasteiger charge is -2.10. The number of carbonyl (C=O) groups is 1. The Morgan fingerprint density at radius 2 is 1.93 bits per heavy atom. The molecule has 0 aliphatic rings. The van der Waals surface area contributed by atoms with Crippen molar-refractivity contribution >= 4 is 16.9 Å². The Morgan fingerprint density at radius 1 is 1.17 bits per heavy atom. The van der Waals surface area contributed by atoms with E-state index in [2.05, 4.69) is 48.3 Å². The molecule has 6 nitrogen and oxygen atoms in total. The summed E-state index contributed by atoms with van der Waals surface area (Å²) >= 11 is 0. The third kappa shape index (κ3) is 4.43. The lowest BCUT2D eigenvalue weighted by molar-refractivity contribution is -0.120. The molecule has 1 amide bonds. The zero-order chi connectivity index (χ0) is 21.1. The number of aromatic nitrogens is 3. The minimum Gasteiger partial charge on any atom is -0.464 e. The highest BCUT2D eigenvalue weighted by Gasteiger charge is 2.14. The number of hydrogen-bond donors (Lipinski definition) is 1. The second-order valence-electron chi connectivity index (χ2n) is 7.98. The summed E-state index contributed by atoms with van der Waals surface area (Å²) in [5.41, 5.74) is 6.46. The van der Waals surface area contributed by atoms with Crippen LogP contribution in [0.25, 0.3) is 11.0 Å². The molecule has 30 heavy (non-hydrogen) atoms. The molecule has 0 unspecified atom stereocenters. The van der Waals surface area contributed by atoms with Gasteiger partial charge in [-0.1, -0.05) is 38.1 Å². The molecular formula is C24H26N4O2. The van der Waals surface area contributed by atoms with Crippen molar-refractivity contribution in [3.8, 4) is 0 Å². The fraction of sp³-hybridized carbons (Fsp3) is 0.292. The van der Waals surface area contributed by atoms with Gasteiger partial charge in [0, 0.05) is 17.5 Å². The molecule has 0 atom stereocenters. The first-order chi connectivity index (χ1) is 14.5. The van der Waals surface area contributed by atoms with Crippen molar-refractivity contribution < 1.29 is 9.21 Å². The maximum absolute atomic E-state index is 12.5. The zero-order valence-electron chi connectivity index (χ0n) is 17.6. The summed E-state index contributed by atoms with van der Waals surface area (Å²) < 4.78 is 7.47. The standard InChI is InChI=1S/C24H26N4O2/c1-16(2)21-10-22-20(13-30-23(22)8-17(21)3)9-24(29)26-11-18-4-6-19(7-5-18)12-28-15-25-14-27-28/h4-8,10,13-16H,9,11-12H2,1-3H3,(H,26,29). The van der Waals surface area contributed by atoms with Crippen molar-refractivity contribution in [3.05, 3.63) is 83.1 Å². The number of carbonyl (C=O) groups excluding carboxylic acids is 1. The molecule has 2 aromatic carbocycles. The summed E-state index contributed by atoms with van der Waals surface area (Å²) in [6.45, 7) is 7.63. The van der Waals surface area contributed by atoms with Crippen LogP contribution in [0.4, 0.5) is 0 Å². The van der Waals surface area contributed by atoms with Crippen molar-refractivity contribution in [1.29, 1.82) is 0 Å². The summed E-state index contributed by atoms with van der Waals surface area (Å²) in [7, 11) is 0. The number of amides is 1. The number of rotatable bonds is 7. The van der Waals surface area contributed by atoms with E-state index in [0.717, 1.165) is 27.7 Å². The second kappa shape index (κ2) is 8.53. The van der Waals surface area contributed by atoms with Crippen molar-refractivity contribution in [1.82, 2.24) is 20.1 Å². The smallest absolute Gasteiger partial charge is 0.224 e. The topological polar surface area (TPSA) is 73.0 Å². The first-order valence-corrected chi connectivity index (χ1v) is 10.2. The molecule has 154 valence electrons. The maximum Gasteiger partial charge on any atom is 0.224 e. The van der Waals surface area contributed by atoms with Crippen LogP contribution < -0.4 is 5.32 Å². The van der Waals surface area contributed by atoms with Gasteiger partial charge in [-0.25, -0.2) is 9.67 Å². The van der Waals surface area contributed by atoms with E-state index in [1.165, 1.54) is 17.5 Å². The number of benzene rings is 2. The van der Waals surface area contributed by atoms with Crippen LogP contribution in [0.1, 0.15) is 47.6 Å². The van der Waals surface area contributed by atoms with E-state index < -0.39 is 0 Å². The molecule has 0 bridgehead atoms. The number of aryl methyl sites for hydroxylation is 1. The highest BCUT2D eigenvalue weighted by molar-refractivity contribution is 5.88. The Balaban J connectivity index is 1.37. The van der Waals surface area contributed by atoms with E-state index in [1.807, 2.05) is 24.3 Å². The van der Waals surface area contributed by atoms with Crippen LogP contribution in [0, 0.1) is 6.92 Å². The first kappa shape index (κ1) is 19.9. The summed E-state index contributed by atoms with van der Waals surface area (Å²) in [5, 5.41) is 8.14. The molecule has 1 N–H and O–H groups in total. The monoisotopic (exact) mass is 402 g/mol. The van der Waals surface area contributed by atoms with Gasteiger partial charge in [0.2, 0.25) is 5.91 Å². The maximum atomic E-state index is 12.5. The van der Waals surface area contributed by atoms with E-state index in [9.17, 15) is 4.79 Å². The fourth-order valence-electron chi connectivity index (χ4n) is 3.70. The Labute approximate surface area is 175 Å². The highest BCUT2D eigenvalue weighted by atomic mass is 16.3. The fourth-order valence-corrected chi connectivity index (χ4v) is 3.70. The Morgan fingerprint density at radius 3 is 2.63 bits per heavy atom. The average Bonchev–Trinajstić information content (AvgIpc) is 3.36. The van der Waals surface area contributed by atoms with Crippen LogP contribution in [0.2, 0.25) is 0 Å². The van der Waals surface area contributed by atoms with Gasteiger partial charge in [-0.05, 0) is 47.2 Å². The van der Waals surface area contributed by atoms with Crippen LogP contribution in [-0.2, 0) is 24.3 Å². The number of hydrogen-bond acceptors (Lipinski definition) is 4. The molecule has 0 fully saturated rings. The number of nitrogens with one attached hydrogen (secondary N) is 1. The van der Waals surface area contributed by atoms with E-state index in [0.29, 0.717) is 25.4 Å². The molecule has 6 heteroatoms. The summed E-state index contributed by atoms with van der Waals surface area (Å²) in [5.74, 6) is 0.412. The van der Waals surface area contributed by atoms with Crippen LogP contribution >= 0.6 is 0 Å². The Hall–Kier alpha value is -3.41. The minimum absolute atomic E-state index is 0.0175. The third-order valence-corrected chi connectivity index (χ3v) is 5.34. The van der Waals surface area contributed by atoms with Crippen LogP contribution in [0.5, 0.6) is 0 Å². The molecule has 0 saturated carbocycles. The van der Waals surface area contributed by atoms with Gasteiger partial charge in [0.15, 0.2) is 0 Å². The second-order valence-corrected chi connectivity index (χ2v) is 7.98. The van der Waals surface area contributed by atoms with Crippen molar-refractivity contribution in [2.24, 2.45) is 0 Å². The van der Waals surface area contributed by atoms with Crippen molar-refractivity contribution in [3.63, 3.8) is 0 Å². The molecule has 0 spiro atoms. The van der Waals surface area contributed by atoms with Crippen molar-refractivity contribution in [2.45, 2.75) is 46.2 Å². The minimum atomic E-state index is -0.0175. The lowest BCUT2D eigenvalue weighted by Crippen LogP contribution is -2.24. The molecule has 0 aliphatic heterocycles. The quantitative estimate of drug-likeness (QED) is 0.498. The number of furan rings is 1.